The van der Waals surface area contributed by atoms with E-state index in [1.165, 1.54) is 0 Å². The zero-order chi connectivity index (χ0) is 17.2. The SMILES string of the molecule is C=CCN(CC=C)C(=O)C(C)NC(=O)COc1ccccc1C. The van der Waals surface area contributed by atoms with E-state index in [0.717, 1.165) is 5.56 Å². The zero-order valence-electron chi connectivity index (χ0n) is 13.7. The third-order valence-corrected chi connectivity index (χ3v) is 3.21. The van der Waals surface area contributed by atoms with Crippen molar-refractivity contribution >= 4 is 11.8 Å². The van der Waals surface area contributed by atoms with Gasteiger partial charge in [-0.05, 0) is 25.5 Å². The average Bonchev–Trinajstić information content (AvgIpc) is 2.53. The van der Waals surface area contributed by atoms with Gasteiger partial charge < -0.3 is 15.0 Å². The third kappa shape index (κ3) is 5.98. The summed E-state index contributed by atoms with van der Waals surface area (Å²) in [6.45, 7) is 11.5. The predicted molar refractivity (Wildman–Crippen MR) is 91.3 cm³/mol. The van der Waals surface area contributed by atoms with Crippen LogP contribution in [0.4, 0.5) is 0 Å². The normalized spacial score (nSPS) is 11.2. The van der Waals surface area contributed by atoms with E-state index in [-0.39, 0.29) is 18.4 Å². The topological polar surface area (TPSA) is 58.6 Å². The fourth-order valence-electron chi connectivity index (χ4n) is 2.05. The molecule has 0 saturated carbocycles. The number of ether oxygens (including phenoxy) is 1. The van der Waals surface area contributed by atoms with Crippen LogP contribution in [-0.4, -0.2) is 42.5 Å². The Kier molecular flexibility index (Phi) is 7.60. The fourth-order valence-corrected chi connectivity index (χ4v) is 2.05. The number of nitrogens with one attached hydrogen (secondary N) is 1. The lowest BCUT2D eigenvalue weighted by atomic mass is 10.2. The van der Waals surface area contributed by atoms with Crippen LogP contribution < -0.4 is 10.1 Å². The van der Waals surface area contributed by atoms with Crippen molar-refractivity contribution in [2.24, 2.45) is 0 Å². The van der Waals surface area contributed by atoms with Gasteiger partial charge in [0.25, 0.3) is 5.91 Å². The zero-order valence-corrected chi connectivity index (χ0v) is 13.7. The maximum absolute atomic E-state index is 12.3. The Balaban J connectivity index is 2.52. The first-order chi connectivity index (χ1) is 11.0. The smallest absolute Gasteiger partial charge is 0.258 e. The molecule has 0 aliphatic heterocycles. The molecule has 124 valence electrons. The number of para-hydroxylation sites is 1. The maximum atomic E-state index is 12.3. The lowest BCUT2D eigenvalue weighted by Crippen LogP contribution is -2.48. The molecular formula is C18H24N2O3. The lowest BCUT2D eigenvalue weighted by molar-refractivity contribution is -0.135. The van der Waals surface area contributed by atoms with Crippen molar-refractivity contribution in [2.75, 3.05) is 19.7 Å². The Bertz CT molecular complexity index is 559. The van der Waals surface area contributed by atoms with Crippen LogP contribution in [-0.2, 0) is 9.59 Å². The first-order valence-corrected chi connectivity index (χ1v) is 7.48. The molecule has 0 saturated heterocycles. The largest absolute Gasteiger partial charge is 0.484 e. The summed E-state index contributed by atoms with van der Waals surface area (Å²) in [5.41, 5.74) is 0.951. The first kappa shape index (κ1) is 18.5. The van der Waals surface area contributed by atoms with Crippen molar-refractivity contribution in [1.82, 2.24) is 10.2 Å². The molecule has 1 atom stereocenters. The highest BCUT2D eigenvalue weighted by Gasteiger charge is 2.20. The number of amides is 2. The van der Waals surface area contributed by atoms with Gasteiger partial charge in [0, 0.05) is 13.1 Å². The van der Waals surface area contributed by atoms with Crippen molar-refractivity contribution in [3.63, 3.8) is 0 Å². The van der Waals surface area contributed by atoms with Crippen LogP contribution in [0.5, 0.6) is 5.75 Å². The summed E-state index contributed by atoms with van der Waals surface area (Å²) in [7, 11) is 0. The molecule has 5 nitrogen and oxygen atoms in total. The van der Waals surface area contributed by atoms with Crippen LogP contribution in [0, 0.1) is 6.92 Å². The molecule has 0 bridgehead atoms. The van der Waals surface area contributed by atoms with Gasteiger partial charge in [0.15, 0.2) is 6.61 Å². The summed E-state index contributed by atoms with van der Waals surface area (Å²) in [4.78, 5) is 25.8. The molecule has 1 aromatic rings. The Hall–Kier alpha value is -2.56. The number of carbonyl (C=O) groups excluding carboxylic acids is 2. The van der Waals surface area contributed by atoms with Crippen molar-refractivity contribution in [3.05, 3.63) is 55.1 Å². The second kappa shape index (κ2) is 9.46. The van der Waals surface area contributed by atoms with Crippen molar-refractivity contribution in [3.8, 4) is 5.75 Å². The molecule has 0 aliphatic rings. The molecule has 0 aromatic heterocycles. The number of aryl methyl sites for hydroxylation is 1. The van der Waals surface area contributed by atoms with Crippen LogP contribution in [0.3, 0.4) is 0 Å². The fraction of sp³-hybridized carbons (Fsp3) is 0.333. The van der Waals surface area contributed by atoms with Crippen LogP contribution in [0.25, 0.3) is 0 Å². The van der Waals surface area contributed by atoms with Crippen molar-refractivity contribution in [1.29, 1.82) is 0 Å². The molecule has 0 aliphatic carbocycles. The van der Waals surface area contributed by atoms with Crippen LogP contribution in [0.15, 0.2) is 49.6 Å². The average molecular weight is 316 g/mol. The van der Waals surface area contributed by atoms with Gasteiger partial charge in [0.2, 0.25) is 5.91 Å². The number of hydrogen-bond acceptors (Lipinski definition) is 3. The second-order valence-electron chi connectivity index (χ2n) is 5.16. The van der Waals surface area contributed by atoms with E-state index in [1.54, 1.807) is 30.0 Å². The van der Waals surface area contributed by atoms with E-state index in [4.69, 9.17) is 4.74 Å². The van der Waals surface area contributed by atoms with E-state index in [2.05, 4.69) is 18.5 Å². The molecule has 2 amide bonds. The second-order valence-corrected chi connectivity index (χ2v) is 5.16. The van der Waals surface area contributed by atoms with Gasteiger partial charge in [-0.1, -0.05) is 30.4 Å². The molecule has 5 heteroatoms. The van der Waals surface area contributed by atoms with Crippen LogP contribution in [0.2, 0.25) is 0 Å². The maximum Gasteiger partial charge on any atom is 0.258 e. The lowest BCUT2D eigenvalue weighted by Gasteiger charge is -2.23. The van der Waals surface area contributed by atoms with Crippen molar-refractivity contribution in [2.45, 2.75) is 19.9 Å². The van der Waals surface area contributed by atoms with E-state index in [0.29, 0.717) is 18.8 Å². The minimum absolute atomic E-state index is 0.134. The van der Waals surface area contributed by atoms with Gasteiger partial charge in [-0.25, -0.2) is 0 Å². The highest BCUT2D eigenvalue weighted by Crippen LogP contribution is 2.15. The molecule has 0 spiro atoms. The summed E-state index contributed by atoms with van der Waals surface area (Å²) in [5.74, 6) is 0.127. The molecule has 0 fully saturated rings. The molecule has 0 radical (unpaired) electrons. The molecule has 1 unspecified atom stereocenters. The summed E-state index contributed by atoms with van der Waals surface area (Å²) in [5, 5.41) is 2.64. The quantitative estimate of drug-likeness (QED) is 0.710. The number of benzene rings is 1. The summed E-state index contributed by atoms with van der Waals surface area (Å²) in [6, 6.07) is 6.81. The highest BCUT2D eigenvalue weighted by molar-refractivity contribution is 5.88. The number of carbonyl (C=O) groups is 2. The summed E-state index contributed by atoms with van der Waals surface area (Å²) in [6.07, 6.45) is 3.27. The van der Waals surface area contributed by atoms with Gasteiger partial charge in [-0.15, -0.1) is 13.2 Å². The Morgan fingerprint density at radius 3 is 2.43 bits per heavy atom. The van der Waals surface area contributed by atoms with Gasteiger partial charge in [-0.2, -0.15) is 0 Å². The number of nitrogens with zero attached hydrogens (tertiary/aromatic N) is 1. The van der Waals surface area contributed by atoms with Gasteiger partial charge >= 0.3 is 0 Å². The van der Waals surface area contributed by atoms with Gasteiger partial charge in [0.1, 0.15) is 11.8 Å². The summed E-state index contributed by atoms with van der Waals surface area (Å²) >= 11 is 0. The van der Waals surface area contributed by atoms with Crippen LogP contribution in [0.1, 0.15) is 12.5 Å². The minimum Gasteiger partial charge on any atom is -0.484 e. The number of hydrogen-bond donors (Lipinski definition) is 1. The van der Waals surface area contributed by atoms with Crippen LogP contribution >= 0.6 is 0 Å². The predicted octanol–water partition coefficient (Wildman–Crippen LogP) is 2.08. The monoisotopic (exact) mass is 316 g/mol. The van der Waals surface area contributed by atoms with E-state index in [9.17, 15) is 9.59 Å². The van der Waals surface area contributed by atoms with Gasteiger partial charge in [0.05, 0.1) is 0 Å². The minimum atomic E-state index is -0.636. The third-order valence-electron chi connectivity index (χ3n) is 3.21. The molecule has 1 N–H and O–H groups in total. The van der Waals surface area contributed by atoms with E-state index in [1.807, 2.05) is 25.1 Å². The molecular weight excluding hydrogens is 292 g/mol. The molecule has 0 heterocycles. The van der Waals surface area contributed by atoms with Crippen molar-refractivity contribution < 1.29 is 14.3 Å². The standard InChI is InChI=1S/C18H24N2O3/c1-5-11-20(12-6-2)18(22)15(4)19-17(21)13-23-16-10-8-7-9-14(16)3/h5-10,15H,1-2,11-13H2,3-4H3,(H,19,21). The first-order valence-electron chi connectivity index (χ1n) is 7.48. The summed E-state index contributed by atoms with van der Waals surface area (Å²) < 4.78 is 5.47. The van der Waals surface area contributed by atoms with E-state index >= 15 is 0 Å². The molecule has 23 heavy (non-hydrogen) atoms. The van der Waals surface area contributed by atoms with Gasteiger partial charge in [-0.3, -0.25) is 9.59 Å². The highest BCUT2D eigenvalue weighted by atomic mass is 16.5. The van der Waals surface area contributed by atoms with E-state index < -0.39 is 6.04 Å². The Labute approximate surface area is 137 Å². The number of rotatable bonds is 9. The molecule has 1 rings (SSSR count). The molecule has 1 aromatic carbocycles. The Morgan fingerprint density at radius 1 is 1.26 bits per heavy atom. The Morgan fingerprint density at radius 2 is 1.87 bits per heavy atom.